The molecule has 1 aliphatic carbocycles. The molecule has 2 heterocycles. The van der Waals surface area contributed by atoms with Crippen LogP contribution in [0.1, 0.15) is 37.2 Å². The summed E-state index contributed by atoms with van der Waals surface area (Å²) in [4.78, 5) is 27.1. The monoisotopic (exact) mass is 331 g/mol. The number of hydrogen-bond donors (Lipinski definition) is 2. The number of nitrogens with zero attached hydrogens (tertiary/aromatic N) is 1. The van der Waals surface area contributed by atoms with Gasteiger partial charge in [-0.2, -0.15) is 0 Å². The van der Waals surface area contributed by atoms with Crippen LogP contribution in [0.25, 0.3) is 0 Å². The summed E-state index contributed by atoms with van der Waals surface area (Å²) < 4.78 is 13.7. The molecule has 5 nitrogen and oxygen atoms in total. The minimum absolute atomic E-state index is 0.0221. The first-order chi connectivity index (χ1) is 11.6. The molecule has 4 rings (SSSR count). The fraction of sp³-hybridized carbons (Fsp3) is 0.556. The fourth-order valence-corrected chi connectivity index (χ4v) is 3.81. The van der Waals surface area contributed by atoms with E-state index in [1.165, 1.54) is 12.1 Å². The quantitative estimate of drug-likeness (QED) is 0.885. The summed E-state index contributed by atoms with van der Waals surface area (Å²) >= 11 is 0. The number of anilines is 1. The Balaban J connectivity index is 1.60. The molecule has 2 fully saturated rings. The molecule has 2 amide bonds. The summed E-state index contributed by atoms with van der Waals surface area (Å²) in [6, 6.07) is 4.54. The lowest BCUT2D eigenvalue weighted by Gasteiger charge is -2.32. The first-order valence-electron chi connectivity index (χ1n) is 8.72. The van der Waals surface area contributed by atoms with Crippen LogP contribution in [0.4, 0.5) is 10.1 Å². The van der Waals surface area contributed by atoms with Gasteiger partial charge in [0.1, 0.15) is 5.82 Å². The van der Waals surface area contributed by atoms with Gasteiger partial charge in [0.25, 0.3) is 0 Å². The molecule has 3 aliphatic rings. The van der Waals surface area contributed by atoms with Crippen molar-refractivity contribution in [2.75, 3.05) is 25.0 Å². The average Bonchev–Trinajstić information content (AvgIpc) is 3.28. The SMILES string of the molecule is O=C1CC(C(=O)N(CC2CCNC2)C2CC2)c2cc(F)ccc2N1. The standard InChI is InChI=1S/C18H22FN3O2/c19-12-1-4-16-14(7-12)15(8-17(23)21-16)18(24)22(13-2-3-13)10-11-5-6-20-9-11/h1,4,7,11,13,15,20H,2-3,5-6,8-10H2,(H,21,23). The third kappa shape index (κ3) is 3.02. The summed E-state index contributed by atoms with van der Waals surface area (Å²) in [6.45, 7) is 2.67. The van der Waals surface area contributed by atoms with Crippen molar-refractivity contribution in [1.29, 1.82) is 0 Å². The highest BCUT2D eigenvalue weighted by Gasteiger charge is 2.40. The van der Waals surface area contributed by atoms with Gasteiger partial charge in [-0.1, -0.05) is 0 Å². The maximum absolute atomic E-state index is 13.7. The predicted octanol–water partition coefficient (Wildman–Crippen LogP) is 1.85. The second-order valence-corrected chi connectivity index (χ2v) is 7.12. The van der Waals surface area contributed by atoms with Crippen LogP contribution in [0.3, 0.4) is 0 Å². The van der Waals surface area contributed by atoms with E-state index in [9.17, 15) is 14.0 Å². The van der Waals surface area contributed by atoms with Crippen LogP contribution >= 0.6 is 0 Å². The van der Waals surface area contributed by atoms with Gasteiger partial charge >= 0.3 is 0 Å². The number of carbonyl (C=O) groups is 2. The van der Waals surface area contributed by atoms with Crippen LogP contribution in [0.2, 0.25) is 0 Å². The van der Waals surface area contributed by atoms with E-state index in [4.69, 9.17) is 0 Å². The van der Waals surface area contributed by atoms with E-state index in [0.717, 1.165) is 38.9 Å². The molecule has 1 saturated heterocycles. The van der Waals surface area contributed by atoms with Crippen LogP contribution in [0.5, 0.6) is 0 Å². The molecular weight excluding hydrogens is 309 g/mol. The van der Waals surface area contributed by atoms with Gasteiger partial charge in [-0.15, -0.1) is 0 Å². The van der Waals surface area contributed by atoms with Crippen molar-refractivity contribution < 1.29 is 14.0 Å². The van der Waals surface area contributed by atoms with E-state index in [0.29, 0.717) is 23.2 Å². The van der Waals surface area contributed by atoms with Crippen LogP contribution in [-0.4, -0.2) is 42.4 Å². The molecule has 128 valence electrons. The molecular formula is C18H22FN3O2. The first kappa shape index (κ1) is 15.6. The van der Waals surface area contributed by atoms with E-state index in [1.54, 1.807) is 6.07 Å². The Hall–Kier alpha value is -1.95. The van der Waals surface area contributed by atoms with Crippen LogP contribution in [0.15, 0.2) is 18.2 Å². The molecule has 2 atom stereocenters. The smallest absolute Gasteiger partial charge is 0.230 e. The molecule has 1 aromatic carbocycles. The van der Waals surface area contributed by atoms with Crippen molar-refractivity contribution in [2.24, 2.45) is 5.92 Å². The van der Waals surface area contributed by atoms with Gasteiger partial charge in [0.15, 0.2) is 0 Å². The van der Waals surface area contributed by atoms with Gasteiger partial charge in [-0.05, 0) is 62.0 Å². The van der Waals surface area contributed by atoms with Gasteiger partial charge in [0.2, 0.25) is 11.8 Å². The lowest BCUT2D eigenvalue weighted by molar-refractivity contribution is -0.136. The maximum Gasteiger partial charge on any atom is 0.230 e. The number of carbonyl (C=O) groups excluding carboxylic acids is 2. The number of halogens is 1. The summed E-state index contributed by atoms with van der Waals surface area (Å²) in [6.07, 6.45) is 3.23. The van der Waals surface area contributed by atoms with E-state index in [-0.39, 0.29) is 24.1 Å². The van der Waals surface area contributed by atoms with Crippen molar-refractivity contribution in [1.82, 2.24) is 10.2 Å². The lowest BCUT2D eigenvalue weighted by Crippen LogP contribution is -2.42. The summed E-state index contributed by atoms with van der Waals surface area (Å²) in [7, 11) is 0. The third-order valence-corrected chi connectivity index (χ3v) is 5.24. The zero-order valence-electron chi connectivity index (χ0n) is 13.6. The summed E-state index contributed by atoms with van der Waals surface area (Å²) in [5.41, 5.74) is 1.17. The zero-order chi connectivity index (χ0) is 16.7. The summed E-state index contributed by atoms with van der Waals surface area (Å²) in [5, 5.41) is 6.08. The Bertz CT molecular complexity index is 668. The number of amides is 2. The molecule has 6 heteroatoms. The lowest BCUT2D eigenvalue weighted by atomic mass is 9.88. The molecule has 2 unspecified atom stereocenters. The van der Waals surface area contributed by atoms with Crippen LogP contribution in [-0.2, 0) is 9.59 Å². The molecule has 24 heavy (non-hydrogen) atoms. The Morgan fingerprint density at radius 2 is 2.12 bits per heavy atom. The van der Waals surface area contributed by atoms with Gasteiger partial charge in [0, 0.05) is 24.7 Å². The molecule has 1 aromatic rings. The van der Waals surface area contributed by atoms with E-state index in [1.807, 2.05) is 4.90 Å². The Labute approximate surface area is 140 Å². The predicted molar refractivity (Wildman–Crippen MR) is 88.1 cm³/mol. The highest BCUT2D eigenvalue weighted by molar-refractivity contribution is 6.01. The van der Waals surface area contributed by atoms with Crippen molar-refractivity contribution in [2.45, 2.75) is 37.6 Å². The topological polar surface area (TPSA) is 61.4 Å². The molecule has 0 bridgehead atoms. The zero-order valence-corrected chi connectivity index (χ0v) is 13.6. The number of nitrogens with one attached hydrogen (secondary N) is 2. The molecule has 1 saturated carbocycles. The Morgan fingerprint density at radius 1 is 1.29 bits per heavy atom. The molecule has 0 aromatic heterocycles. The minimum atomic E-state index is -0.570. The van der Waals surface area contributed by atoms with Gasteiger partial charge in [-0.25, -0.2) is 4.39 Å². The average molecular weight is 331 g/mol. The van der Waals surface area contributed by atoms with Gasteiger partial charge in [-0.3, -0.25) is 9.59 Å². The Morgan fingerprint density at radius 3 is 2.83 bits per heavy atom. The normalized spacial score (nSPS) is 26.0. The van der Waals surface area contributed by atoms with E-state index < -0.39 is 5.92 Å². The van der Waals surface area contributed by atoms with E-state index >= 15 is 0 Å². The van der Waals surface area contributed by atoms with Gasteiger partial charge in [0.05, 0.1) is 5.92 Å². The maximum atomic E-state index is 13.7. The number of rotatable bonds is 4. The fourth-order valence-electron chi connectivity index (χ4n) is 3.81. The number of hydrogen-bond acceptors (Lipinski definition) is 3. The number of fused-ring (bicyclic) bond motifs is 1. The van der Waals surface area contributed by atoms with Crippen molar-refractivity contribution in [3.05, 3.63) is 29.6 Å². The Kier molecular flexibility index (Phi) is 4.00. The highest BCUT2D eigenvalue weighted by atomic mass is 19.1. The largest absolute Gasteiger partial charge is 0.339 e. The van der Waals surface area contributed by atoms with Crippen molar-refractivity contribution >= 4 is 17.5 Å². The van der Waals surface area contributed by atoms with Crippen LogP contribution < -0.4 is 10.6 Å². The minimum Gasteiger partial charge on any atom is -0.339 e. The highest BCUT2D eigenvalue weighted by Crippen LogP contribution is 2.37. The van der Waals surface area contributed by atoms with Gasteiger partial charge < -0.3 is 15.5 Å². The second kappa shape index (κ2) is 6.16. The molecule has 0 spiro atoms. The third-order valence-electron chi connectivity index (χ3n) is 5.24. The molecule has 2 N–H and O–H groups in total. The molecule has 0 radical (unpaired) electrons. The molecule has 2 aliphatic heterocycles. The van der Waals surface area contributed by atoms with E-state index in [2.05, 4.69) is 10.6 Å². The first-order valence-corrected chi connectivity index (χ1v) is 8.72. The second-order valence-electron chi connectivity index (χ2n) is 7.12. The summed E-state index contributed by atoms with van der Waals surface area (Å²) in [5.74, 6) is -0.670. The number of benzene rings is 1. The van der Waals surface area contributed by atoms with Crippen molar-refractivity contribution in [3.8, 4) is 0 Å². The van der Waals surface area contributed by atoms with Crippen LogP contribution in [0, 0.1) is 11.7 Å². The van der Waals surface area contributed by atoms with Crippen molar-refractivity contribution in [3.63, 3.8) is 0 Å².